The van der Waals surface area contributed by atoms with E-state index in [1.807, 2.05) is 69.3 Å². The maximum atomic E-state index is 14.1. The van der Waals surface area contributed by atoms with Crippen molar-refractivity contribution in [2.45, 2.75) is 52.2 Å². The Balaban J connectivity index is 1.56. The standard InChI is InChI=1S/C38H40N2O6/c1-23-11-10-14-26(19-23)22-46-31-18-17-27(20-32(31)45-5)33-34(36(42)39-28-15-8-6-12-24(28)2)30(41)21-38(4,44)35(33)37(43)40-29-16-9-7-13-25(29)3/h6-20,33-35,44H,21-22H2,1-5H3,(H,39,42)(H,40,43). The fraction of sp³-hybridized carbons (Fsp3) is 0.289. The summed E-state index contributed by atoms with van der Waals surface area (Å²) in [5.74, 6) is -4.12. The van der Waals surface area contributed by atoms with Crippen molar-refractivity contribution in [1.82, 2.24) is 0 Å². The van der Waals surface area contributed by atoms with Gasteiger partial charge in [0.1, 0.15) is 18.3 Å². The van der Waals surface area contributed by atoms with Crippen molar-refractivity contribution in [2.75, 3.05) is 17.7 Å². The van der Waals surface area contributed by atoms with E-state index in [0.717, 1.165) is 22.3 Å². The highest BCUT2D eigenvalue weighted by Gasteiger charge is 2.56. The van der Waals surface area contributed by atoms with Gasteiger partial charge in [-0.25, -0.2) is 0 Å². The average Bonchev–Trinajstić information content (AvgIpc) is 3.01. The van der Waals surface area contributed by atoms with E-state index in [1.54, 1.807) is 42.5 Å². The van der Waals surface area contributed by atoms with Crippen LogP contribution in [0.1, 0.15) is 47.1 Å². The molecule has 1 fully saturated rings. The third-order valence-corrected chi connectivity index (χ3v) is 8.69. The van der Waals surface area contributed by atoms with Gasteiger partial charge in [0.25, 0.3) is 0 Å². The van der Waals surface area contributed by atoms with E-state index >= 15 is 0 Å². The molecule has 2 amide bonds. The molecule has 8 heteroatoms. The number of amides is 2. The Labute approximate surface area is 269 Å². The van der Waals surface area contributed by atoms with Crippen LogP contribution in [0.2, 0.25) is 0 Å². The molecule has 0 bridgehead atoms. The SMILES string of the molecule is COc1cc(C2C(C(=O)Nc3ccccc3C)C(=O)CC(C)(O)C2C(=O)Nc2ccccc2C)ccc1OCc1cccc(C)c1. The maximum Gasteiger partial charge on any atom is 0.235 e. The van der Waals surface area contributed by atoms with Gasteiger partial charge in [-0.05, 0) is 74.2 Å². The molecule has 46 heavy (non-hydrogen) atoms. The van der Waals surface area contributed by atoms with Crippen LogP contribution in [-0.2, 0) is 21.0 Å². The summed E-state index contributed by atoms with van der Waals surface area (Å²) in [6, 6.07) is 27.7. The number of rotatable bonds is 9. The number of carbonyl (C=O) groups excluding carboxylic acids is 3. The van der Waals surface area contributed by atoms with Gasteiger partial charge >= 0.3 is 0 Å². The van der Waals surface area contributed by atoms with Crippen LogP contribution in [-0.4, -0.2) is 35.4 Å². The van der Waals surface area contributed by atoms with Crippen molar-refractivity contribution in [3.63, 3.8) is 0 Å². The lowest BCUT2D eigenvalue weighted by Gasteiger charge is -2.44. The number of aliphatic hydroxyl groups is 1. The molecule has 0 aliphatic heterocycles. The zero-order valence-electron chi connectivity index (χ0n) is 26.8. The van der Waals surface area contributed by atoms with Crippen molar-refractivity contribution in [3.8, 4) is 11.5 Å². The van der Waals surface area contributed by atoms with Crippen LogP contribution in [0.5, 0.6) is 11.5 Å². The average molecular weight is 621 g/mol. The van der Waals surface area contributed by atoms with Gasteiger partial charge < -0.3 is 25.2 Å². The maximum absolute atomic E-state index is 14.1. The van der Waals surface area contributed by atoms with Crippen LogP contribution in [0.4, 0.5) is 11.4 Å². The molecule has 4 unspecified atom stereocenters. The van der Waals surface area contributed by atoms with E-state index in [-0.39, 0.29) is 6.42 Å². The monoisotopic (exact) mass is 620 g/mol. The second-order valence-electron chi connectivity index (χ2n) is 12.3. The van der Waals surface area contributed by atoms with Crippen molar-refractivity contribution >= 4 is 29.0 Å². The molecule has 0 spiro atoms. The zero-order valence-corrected chi connectivity index (χ0v) is 26.8. The number of nitrogens with one attached hydrogen (secondary N) is 2. The topological polar surface area (TPSA) is 114 Å². The van der Waals surface area contributed by atoms with Gasteiger partial charge in [-0.15, -0.1) is 0 Å². The van der Waals surface area contributed by atoms with Gasteiger partial charge in [0, 0.05) is 23.7 Å². The smallest absolute Gasteiger partial charge is 0.235 e. The van der Waals surface area contributed by atoms with E-state index < -0.39 is 41.0 Å². The quantitative estimate of drug-likeness (QED) is 0.184. The summed E-state index contributed by atoms with van der Waals surface area (Å²) < 4.78 is 11.8. The number of anilines is 2. The molecule has 0 radical (unpaired) electrons. The van der Waals surface area contributed by atoms with Crippen molar-refractivity contribution in [2.24, 2.45) is 11.8 Å². The summed E-state index contributed by atoms with van der Waals surface area (Å²) in [6.45, 7) is 7.52. The summed E-state index contributed by atoms with van der Waals surface area (Å²) in [4.78, 5) is 41.9. The van der Waals surface area contributed by atoms with E-state index in [1.165, 1.54) is 14.0 Å². The molecule has 4 aromatic rings. The predicted molar refractivity (Wildman–Crippen MR) is 178 cm³/mol. The molecular formula is C38H40N2O6. The Bertz CT molecular complexity index is 1760. The molecule has 1 saturated carbocycles. The molecule has 5 rings (SSSR count). The number of para-hydroxylation sites is 2. The first-order valence-electron chi connectivity index (χ1n) is 15.3. The molecule has 1 aliphatic carbocycles. The third kappa shape index (κ3) is 6.97. The highest BCUT2D eigenvalue weighted by Crippen LogP contribution is 2.48. The minimum Gasteiger partial charge on any atom is -0.493 e. The first kappa shape index (κ1) is 32.4. The lowest BCUT2D eigenvalue weighted by Crippen LogP contribution is -2.56. The van der Waals surface area contributed by atoms with E-state index in [4.69, 9.17) is 9.47 Å². The van der Waals surface area contributed by atoms with Gasteiger partial charge in [-0.1, -0.05) is 72.3 Å². The lowest BCUT2D eigenvalue weighted by molar-refractivity contribution is -0.150. The number of ether oxygens (including phenoxy) is 2. The summed E-state index contributed by atoms with van der Waals surface area (Å²) >= 11 is 0. The van der Waals surface area contributed by atoms with Gasteiger partial charge in [-0.3, -0.25) is 14.4 Å². The minimum absolute atomic E-state index is 0.303. The largest absolute Gasteiger partial charge is 0.493 e. The molecule has 8 nitrogen and oxygen atoms in total. The first-order chi connectivity index (χ1) is 22.0. The Morgan fingerprint density at radius 1 is 0.826 bits per heavy atom. The van der Waals surface area contributed by atoms with Gasteiger partial charge in [0.2, 0.25) is 11.8 Å². The number of ketones is 1. The Morgan fingerprint density at radius 3 is 2.07 bits per heavy atom. The molecule has 0 saturated heterocycles. The van der Waals surface area contributed by atoms with Crippen LogP contribution < -0.4 is 20.1 Å². The minimum atomic E-state index is -1.75. The van der Waals surface area contributed by atoms with Crippen LogP contribution in [0, 0.1) is 32.6 Å². The fourth-order valence-corrected chi connectivity index (χ4v) is 6.31. The molecule has 1 aliphatic rings. The number of methoxy groups -OCH3 is 1. The Kier molecular flexibility index (Phi) is 9.58. The van der Waals surface area contributed by atoms with Crippen LogP contribution >= 0.6 is 0 Å². The number of hydrogen-bond acceptors (Lipinski definition) is 6. The van der Waals surface area contributed by atoms with E-state index in [9.17, 15) is 19.5 Å². The molecule has 4 atom stereocenters. The van der Waals surface area contributed by atoms with Crippen LogP contribution in [0.25, 0.3) is 0 Å². The fourth-order valence-electron chi connectivity index (χ4n) is 6.31. The number of carbonyl (C=O) groups is 3. The van der Waals surface area contributed by atoms with Gasteiger partial charge in [0.15, 0.2) is 11.5 Å². The number of Topliss-reactive ketones (excluding diaryl/α,β-unsaturated/α-hetero) is 1. The summed E-state index contributed by atoms with van der Waals surface area (Å²) in [5.41, 5.74) is 3.65. The van der Waals surface area contributed by atoms with E-state index in [0.29, 0.717) is 35.0 Å². The summed E-state index contributed by atoms with van der Waals surface area (Å²) in [6.07, 6.45) is -0.365. The zero-order chi connectivity index (χ0) is 33.0. The van der Waals surface area contributed by atoms with E-state index in [2.05, 4.69) is 10.6 Å². The van der Waals surface area contributed by atoms with Gasteiger partial charge in [0.05, 0.1) is 18.6 Å². The van der Waals surface area contributed by atoms with Crippen LogP contribution in [0.3, 0.4) is 0 Å². The molecule has 238 valence electrons. The van der Waals surface area contributed by atoms with Crippen LogP contribution in [0.15, 0.2) is 91.0 Å². The predicted octanol–water partition coefficient (Wildman–Crippen LogP) is 6.52. The lowest BCUT2D eigenvalue weighted by atomic mass is 9.61. The van der Waals surface area contributed by atoms with Crippen molar-refractivity contribution in [1.29, 1.82) is 0 Å². The third-order valence-electron chi connectivity index (χ3n) is 8.69. The molecule has 0 aromatic heterocycles. The first-order valence-corrected chi connectivity index (χ1v) is 15.3. The van der Waals surface area contributed by atoms with Crippen molar-refractivity contribution in [3.05, 3.63) is 119 Å². The molecule has 0 heterocycles. The molecular weight excluding hydrogens is 580 g/mol. The highest BCUT2D eigenvalue weighted by atomic mass is 16.5. The van der Waals surface area contributed by atoms with Gasteiger partial charge in [-0.2, -0.15) is 0 Å². The normalized spacial score (nSPS) is 20.9. The Hall–Kier alpha value is -4.95. The van der Waals surface area contributed by atoms with Crippen molar-refractivity contribution < 1.29 is 29.0 Å². The molecule has 3 N–H and O–H groups in total. The number of benzene rings is 4. The molecule has 4 aromatic carbocycles. The Morgan fingerprint density at radius 2 is 1.46 bits per heavy atom. The highest BCUT2D eigenvalue weighted by molar-refractivity contribution is 6.10. The second kappa shape index (κ2) is 13.6. The summed E-state index contributed by atoms with van der Waals surface area (Å²) in [7, 11) is 1.51. The number of aryl methyl sites for hydroxylation is 3. The second-order valence-corrected chi connectivity index (χ2v) is 12.3. The summed E-state index contributed by atoms with van der Waals surface area (Å²) in [5, 5.41) is 17.6. The number of hydrogen-bond donors (Lipinski definition) is 3.